The summed E-state index contributed by atoms with van der Waals surface area (Å²) in [6, 6.07) is 8.03. The number of nitrogens with zero attached hydrogens (tertiary/aromatic N) is 5. The van der Waals surface area contributed by atoms with Crippen LogP contribution in [-0.4, -0.2) is 53.1 Å². The zero-order valence-electron chi connectivity index (χ0n) is 15.0. The van der Waals surface area contributed by atoms with Crippen molar-refractivity contribution in [3.05, 3.63) is 52.9 Å². The van der Waals surface area contributed by atoms with Crippen LogP contribution in [-0.2, 0) is 6.54 Å². The molecule has 0 bridgehead atoms. The molecule has 0 atom stereocenters. The molecule has 1 fully saturated rings. The summed E-state index contributed by atoms with van der Waals surface area (Å²) < 4.78 is 5.21. The number of thiazole rings is 1. The second-order valence-electron chi connectivity index (χ2n) is 6.33. The van der Waals surface area contributed by atoms with E-state index in [9.17, 15) is 0 Å². The molecule has 3 aromatic rings. The van der Waals surface area contributed by atoms with E-state index in [1.54, 1.807) is 31.0 Å². The van der Waals surface area contributed by atoms with Gasteiger partial charge >= 0.3 is 0 Å². The lowest BCUT2D eigenvalue weighted by atomic mass is 10.2. The molecule has 0 saturated carbocycles. The van der Waals surface area contributed by atoms with Gasteiger partial charge in [-0.15, -0.1) is 11.3 Å². The van der Waals surface area contributed by atoms with Crippen molar-refractivity contribution in [1.82, 2.24) is 19.9 Å². The summed E-state index contributed by atoms with van der Waals surface area (Å²) in [5, 5.41) is 3.79. The minimum atomic E-state index is 0.606. The molecule has 4 rings (SSSR count). The van der Waals surface area contributed by atoms with E-state index in [1.165, 1.54) is 0 Å². The van der Waals surface area contributed by atoms with E-state index in [-0.39, 0.29) is 0 Å². The fraction of sp³-hybridized carbons (Fsp3) is 0.316. The van der Waals surface area contributed by atoms with E-state index in [0.717, 1.165) is 60.6 Å². The van der Waals surface area contributed by atoms with Crippen LogP contribution in [0.3, 0.4) is 0 Å². The maximum absolute atomic E-state index is 6.21. The molecule has 0 spiro atoms. The van der Waals surface area contributed by atoms with Crippen LogP contribution in [0.1, 0.15) is 5.69 Å². The number of rotatable bonds is 5. The minimum absolute atomic E-state index is 0.606. The van der Waals surface area contributed by atoms with E-state index >= 15 is 0 Å². The number of methoxy groups -OCH3 is 1. The van der Waals surface area contributed by atoms with Crippen molar-refractivity contribution in [3.8, 4) is 16.3 Å². The van der Waals surface area contributed by atoms with E-state index < -0.39 is 0 Å². The van der Waals surface area contributed by atoms with Crippen molar-refractivity contribution < 1.29 is 4.74 Å². The van der Waals surface area contributed by atoms with Crippen LogP contribution in [0.5, 0.6) is 5.75 Å². The van der Waals surface area contributed by atoms with Gasteiger partial charge in [-0.05, 0) is 24.3 Å². The topological polar surface area (TPSA) is 54.4 Å². The molecule has 1 aliphatic heterocycles. The number of benzene rings is 1. The number of piperazine rings is 1. The van der Waals surface area contributed by atoms with Gasteiger partial charge in [-0.1, -0.05) is 11.6 Å². The first-order valence-electron chi connectivity index (χ1n) is 8.74. The van der Waals surface area contributed by atoms with Crippen LogP contribution in [0.25, 0.3) is 10.6 Å². The highest BCUT2D eigenvalue weighted by atomic mass is 35.5. The van der Waals surface area contributed by atoms with Crippen molar-refractivity contribution in [2.45, 2.75) is 6.54 Å². The van der Waals surface area contributed by atoms with Gasteiger partial charge in [0, 0.05) is 43.7 Å². The predicted octanol–water partition coefficient (Wildman–Crippen LogP) is 3.58. The Bertz CT molecular complexity index is 893. The van der Waals surface area contributed by atoms with Crippen molar-refractivity contribution in [2.24, 2.45) is 0 Å². The summed E-state index contributed by atoms with van der Waals surface area (Å²) in [5.74, 6) is 1.68. The van der Waals surface area contributed by atoms with E-state index in [0.29, 0.717) is 5.02 Å². The number of aromatic nitrogens is 3. The lowest BCUT2D eigenvalue weighted by Crippen LogP contribution is -2.46. The Balaban J connectivity index is 1.35. The number of ether oxygens (including phenoxy) is 1. The molecule has 27 heavy (non-hydrogen) atoms. The van der Waals surface area contributed by atoms with E-state index in [2.05, 4.69) is 25.1 Å². The second-order valence-corrected chi connectivity index (χ2v) is 7.60. The highest BCUT2D eigenvalue weighted by Gasteiger charge is 2.20. The molecule has 0 unspecified atom stereocenters. The zero-order chi connectivity index (χ0) is 18.6. The molecular weight excluding hydrogens is 382 g/mol. The van der Waals surface area contributed by atoms with Crippen LogP contribution in [0.2, 0.25) is 5.02 Å². The number of hydrogen-bond donors (Lipinski definition) is 0. The van der Waals surface area contributed by atoms with Gasteiger partial charge in [0.2, 0.25) is 0 Å². The van der Waals surface area contributed by atoms with Gasteiger partial charge in [0.15, 0.2) is 5.82 Å². The second kappa shape index (κ2) is 8.21. The average Bonchev–Trinajstić information content (AvgIpc) is 3.18. The lowest BCUT2D eigenvalue weighted by Gasteiger charge is -2.35. The third kappa shape index (κ3) is 4.21. The highest BCUT2D eigenvalue weighted by Crippen LogP contribution is 2.27. The summed E-state index contributed by atoms with van der Waals surface area (Å²) in [4.78, 5) is 17.7. The molecule has 1 aromatic carbocycles. The average molecular weight is 402 g/mol. The van der Waals surface area contributed by atoms with Crippen LogP contribution in [0.4, 0.5) is 5.82 Å². The van der Waals surface area contributed by atoms with Gasteiger partial charge < -0.3 is 9.64 Å². The molecule has 1 aliphatic rings. The Morgan fingerprint density at radius 3 is 2.63 bits per heavy atom. The minimum Gasteiger partial charge on any atom is -0.497 e. The summed E-state index contributed by atoms with van der Waals surface area (Å²) in [5.41, 5.74) is 2.23. The Hall–Kier alpha value is -2.22. The first kappa shape index (κ1) is 18.2. The normalized spacial score (nSPS) is 15.1. The van der Waals surface area contributed by atoms with Crippen molar-refractivity contribution in [3.63, 3.8) is 0 Å². The van der Waals surface area contributed by atoms with Crippen LogP contribution in [0.15, 0.2) is 42.2 Å². The molecule has 0 amide bonds. The molecule has 3 heterocycles. The largest absolute Gasteiger partial charge is 0.497 e. The zero-order valence-corrected chi connectivity index (χ0v) is 16.6. The monoisotopic (exact) mass is 401 g/mol. The third-order valence-electron chi connectivity index (χ3n) is 4.59. The van der Waals surface area contributed by atoms with E-state index in [4.69, 9.17) is 21.3 Å². The quantitative estimate of drug-likeness (QED) is 0.651. The molecular formula is C19H20ClN5OS. The fourth-order valence-electron chi connectivity index (χ4n) is 3.13. The molecule has 2 aromatic heterocycles. The van der Waals surface area contributed by atoms with Gasteiger partial charge in [0.05, 0.1) is 19.0 Å². The molecule has 0 N–H and O–H groups in total. The van der Waals surface area contributed by atoms with Crippen LogP contribution < -0.4 is 9.64 Å². The van der Waals surface area contributed by atoms with Crippen LogP contribution >= 0.6 is 22.9 Å². The fourth-order valence-corrected chi connectivity index (χ4v) is 4.17. The van der Waals surface area contributed by atoms with Crippen LogP contribution in [0, 0.1) is 0 Å². The highest BCUT2D eigenvalue weighted by molar-refractivity contribution is 7.13. The third-order valence-corrected chi connectivity index (χ3v) is 5.80. The van der Waals surface area contributed by atoms with Gasteiger partial charge in [-0.2, -0.15) is 0 Å². The lowest BCUT2D eigenvalue weighted by molar-refractivity contribution is 0.247. The smallest absolute Gasteiger partial charge is 0.150 e. The first-order valence-corrected chi connectivity index (χ1v) is 10.0. The first-order chi connectivity index (χ1) is 13.2. The van der Waals surface area contributed by atoms with E-state index in [1.807, 2.05) is 24.3 Å². The van der Waals surface area contributed by atoms with Crippen molar-refractivity contribution in [1.29, 1.82) is 0 Å². The molecule has 0 radical (unpaired) electrons. The standard InChI is InChI=1S/C19H20ClN5OS/c1-26-16-4-2-14(3-5-16)19-23-15(12-27-19)11-24-6-8-25(9-7-24)18-17(20)10-21-13-22-18/h2-5,10,12-13H,6-9,11H2,1H3. The van der Waals surface area contributed by atoms with Crippen molar-refractivity contribution >= 4 is 28.8 Å². The molecule has 8 heteroatoms. The Kier molecular flexibility index (Phi) is 5.52. The maximum Gasteiger partial charge on any atom is 0.150 e. The number of anilines is 1. The molecule has 6 nitrogen and oxygen atoms in total. The van der Waals surface area contributed by atoms with Gasteiger partial charge in [0.25, 0.3) is 0 Å². The maximum atomic E-state index is 6.21. The summed E-state index contributed by atoms with van der Waals surface area (Å²) in [6.07, 6.45) is 3.19. The van der Waals surface area contributed by atoms with Gasteiger partial charge in [-0.3, -0.25) is 4.90 Å². The summed E-state index contributed by atoms with van der Waals surface area (Å²) in [6.45, 7) is 4.56. The van der Waals surface area contributed by atoms with Gasteiger partial charge in [-0.25, -0.2) is 15.0 Å². The van der Waals surface area contributed by atoms with Gasteiger partial charge in [0.1, 0.15) is 22.1 Å². The Labute approximate surface area is 167 Å². The number of hydrogen-bond acceptors (Lipinski definition) is 7. The molecule has 0 aliphatic carbocycles. The Morgan fingerprint density at radius 1 is 1.15 bits per heavy atom. The Morgan fingerprint density at radius 2 is 1.93 bits per heavy atom. The molecule has 140 valence electrons. The summed E-state index contributed by atoms with van der Waals surface area (Å²) >= 11 is 7.89. The predicted molar refractivity (Wildman–Crippen MR) is 109 cm³/mol. The number of halogens is 1. The van der Waals surface area contributed by atoms with Crippen molar-refractivity contribution in [2.75, 3.05) is 38.2 Å². The SMILES string of the molecule is COc1ccc(-c2nc(CN3CCN(c4ncncc4Cl)CC3)cs2)cc1. The summed E-state index contributed by atoms with van der Waals surface area (Å²) in [7, 11) is 1.68. The molecule has 1 saturated heterocycles.